The van der Waals surface area contributed by atoms with Crippen molar-refractivity contribution in [3.63, 3.8) is 0 Å². The van der Waals surface area contributed by atoms with Crippen LogP contribution in [-0.2, 0) is 11.2 Å². The van der Waals surface area contributed by atoms with Crippen LogP contribution in [0, 0.1) is 0 Å². The number of rotatable bonds is 8. The van der Waals surface area contributed by atoms with Gasteiger partial charge in [0.1, 0.15) is 0 Å². The first-order valence-corrected chi connectivity index (χ1v) is 10.5. The van der Waals surface area contributed by atoms with Crippen LogP contribution in [0.3, 0.4) is 0 Å². The van der Waals surface area contributed by atoms with Gasteiger partial charge in [-0.15, -0.1) is 0 Å². The molecule has 2 N–H and O–H groups in total. The molecule has 0 aliphatic carbocycles. The molecule has 1 aliphatic rings. The molecule has 6 heteroatoms. The predicted molar refractivity (Wildman–Crippen MR) is 118 cm³/mol. The quantitative estimate of drug-likeness (QED) is 0.409. The highest BCUT2D eigenvalue weighted by Gasteiger charge is 2.22. The van der Waals surface area contributed by atoms with E-state index < -0.39 is 0 Å². The Kier molecular flexibility index (Phi) is 8.77. The molecule has 1 aromatic carbocycles. The van der Waals surface area contributed by atoms with Crippen LogP contribution in [0.5, 0.6) is 0 Å². The number of nitrogens with zero attached hydrogens (tertiary/aromatic N) is 3. The summed E-state index contributed by atoms with van der Waals surface area (Å²) in [7, 11) is 1.74. The van der Waals surface area contributed by atoms with Crippen molar-refractivity contribution < 1.29 is 4.79 Å². The Labute approximate surface area is 170 Å². The molecule has 0 bridgehead atoms. The molecule has 0 fully saturated rings. The van der Waals surface area contributed by atoms with Gasteiger partial charge in [-0.05, 0) is 58.6 Å². The number of benzene rings is 1. The highest BCUT2D eigenvalue weighted by molar-refractivity contribution is 5.98. The predicted octanol–water partition coefficient (Wildman–Crippen LogP) is 2.64. The molecule has 0 radical (unpaired) electrons. The number of guanidine groups is 1. The van der Waals surface area contributed by atoms with Gasteiger partial charge < -0.3 is 15.5 Å². The Morgan fingerprint density at radius 2 is 1.89 bits per heavy atom. The minimum atomic E-state index is 0.0842. The van der Waals surface area contributed by atoms with E-state index in [1.54, 1.807) is 7.05 Å². The third kappa shape index (κ3) is 6.23. The molecule has 156 valence electrons. The van der Waals surface area contributed by atoms with Gasteiger partial charge in [0, 0.05) is 44.5 Å². The van der Waals surface area contributed by atoms with E-state index in [4.69, 9.17) is 0 Å². The van der Waals surface area contributed by atoms with Crippen LogP contribution in [0.15, 0.2) is 29.3 Å². The van der Waals surface area contributed by atoms with Crippen LogP contribution < -0.4 is 15.5 Å². The number of aliphatic imine (C=N–C) groups is 1. The molecular weight excluding hydrogens is 350 g/mol. The molecule has 28 heavy (non-hydrogen) atoms. The van der Waals surface area contributed by atoms with E-state index in [1.165, 1.54) is 5.56 Å². The Balaban J connectivity index is 1.77. The lowest BCUT2D eigenvalue weighted by Crippen LogP contribution is -2.46. The van der Waals surface area contributed by atoms with Crippen LogP contribution in [0.1, 0.15) is 46.1 Å². The summed E-state index contributed by atoms with van der Waals surface area (Å²) in [6.07, 6.45) is 3.09. The molecule has 1 aromatic rings. The van der Waals surface area contributed by atoms with Crippen molar-refractivity contribution in [3.05, 3.63) is 29.8 Å². The largest absolute Gasteiger partial charge is 0.356 e. The number of anilines is 1. The number of carbonyl (C=O) groups excluding carboxylic acids is 1. The summed E-state index contributed by atoms with van der Waals surface area (Å²) >= 11 is 0. The van der Waals surface area contributed by atoms with Crippen molar-refractivity contribution in [1.29, 1.82) is 0 Å². The summed E-state index contributed by atoms with van der Waals surface area (Å²) < 4.78 is 0. The van der Waals surface area contributed by atoms with E-state index in [-0.39, 0.29) is 12.5 Å². The lowest BCUT2D eigenvalue weighted by molar-refractivity contribution is -0.117. The fourth-order valence-electron chi connectivity index (χ4n) is 3.85. The maximum Gasteiger partial charge on any atom is 0.246 e. The van der Waals surface area contributed by atoms with Crippen molar-refractivity contribution in [2.45, 2.75) is 59.0 Å². The Morgan fingerprint density at radius 1 is 1.18 bits per heavy atom. The van der Waals surface area contributed by atoms with Gasteiger partial charge in [0.05, 0.1) is 6.54 Å². The molecule has 0 unspecified atom stereocenters. The van der Waals surface area contributed by atoms with Crippen molar-refractivity contribution in [3.8, 4) is 0 Å². The van der Waals surface area contributed by atoms with Crippen LogP contribution in [0.4, 0.5) is 5.69 Å². The minimum Gasteiger partial charge on any atom is -0.356 e. The van der Waals surface area contributed by atoms with Gasteiger partial charge in [0.15, 0.2) is 5.96 Å². The van der Waals surface area contributed by atoms with Crippen LogP contribution >= 0.6 is 0 Å². The Hall–Kier alpha value is -2.08. The molecule has 0 saturated heterocycles. The second-order valence-corrected chi connectivity index (χ2v) is 7.91. The zero-order chi connectivity index (χ0) is 20.5. The summed E-state index contributed by atoms with van der Waals surface area (Å²) in [5, 5.41) is 6.49. The van der Waals surface area contributed by atoms with E-state index in [0.29, 0.717) is 18.0 Å². The number of hydrogen-bond acceptors (Lipinski definition) is 3. The monoisotopic (exact) mass is 387 g/mol. The number of fused-ring (bicyclic) bond motifs is 1. The fourth-order valence-corrected chi connectivity index (χ4v) is 3.85. The molecule has 1 heterocycles. The second-order valence-electron chi connectivity index (χ2n) is 7.91. The number of para-hydroxylation sites is 1. The third-order valence-corrected chi connectivity index (χ3v) is 5.25. The molecule has 0 atom stereocenters. The molecular formula is C22H37N5O. The highest BCUT2D eigenvalue weighted by atomic mass is 16.2. The standard InChI is InChI=1S/C22H37N5O/c1-17(2)26(18(3)4)15-9-13-24-22(23-5)25-16-21(28)27-14-8-11-19-10-6-7-12-20(19)27/h6-7,10,12,17-18H,8-9,11,13-16H2,1-5H3,(H2,23,24,25). The number of nitrogens with one attached hydrogen (secondary N) is 2. The molecule has 0 aromatic heterocycles. The summed E-state index contributed by atoms with van der Waals surface area (Å²) in [6, 6.07) is 9.27. The summed E-state index contributed by atoms with van der Waals surface area (Å²) in [6.45, 7) is 11.8. The van der Waals surface area contributed by atoms with Gasteiger partial charge in [0.25, 0.3) is 0 Å². The minimum absolute atomic E-state index is 0.0842. The van der Waals surface area contributed by atoms with Crippen molar-refractivity contribution in [2.24, 2.45) is 4.99 Å². The molecule has 1 amide bonds. The lowest BCUT2D eigenvalue weighted by Gasteiger charge is -2.30. The lowest BCUT2D eigenvalue weighted by atomic mass is 10.0. The van der Waals surface area contributed by atoms with Gasteiger partial charge in [-0.2, -0.15) is 0 Å². The number of amides is 1. The van der Waals surface area contributed by atoms with E-state index >= 15 is 0 Å². The maximum atomic E-state index is 12.7. The number of aryl methyl sites for hydroxylation is 1. The first-order valence-electron chi connectivity index (χ1n) is 10.5. The second kappa shape index (κ2) is 11.1. The SMILES string of the molecule is CN=C(NCCCN(C(C)C)C(C)C)NCC(=O)N1CCCc2ccccc21. The zero-order valence-corrected chi connectivity index (χ0v) is 18.2. The highest BCUT2D eigenvalue weighted by Crippen LogP contribution is 2.26. The van der Waals surface area contributed by atoms with E-state index in [2.05, 4.69) is 54.3 Å². The first kappa shape index (κ1) is 22.2. The van der Waals surface area contributed by atoms with Gasteiger partial charge in [-0.1, -0.05) is 18.2 Å². The summed E-state index contributed by atoms with van der Waals surface area (Å²) in [5.74, 6) is 0.764. The molecule has 6 nitrogen and oxygen atoms in total. The summed E-state index contributed by atoms with van der Waals surface area (Å²) in [4.78, 5) is 21.3. The van der Waals surface area contributed by atoms with Crippen molar-refractivity contribution >= 4 is 17.6 Å². The topological polar surface area (TPSA) is 60.0 Å². The molecule has 2 rings (SSSR count). The smallest absolute Gasteiger partial charge is 0.246 e. The average molecular weight is 388 g/mol. The maximum absolute atomic E-state index is 12.7. The van der Waals surface area contributed by atoms with Crippen LogP contribution in [0.25, 0.3) is 0 Å². The van der Waals surface area contributed by atoms with Crippen LogP contribution in [-0.4, -0.2) is 62.1 Å². The van der Waals surface area contributed by atoms with Gasteiger partial charge >= 0.3 is 0 Å². The van der Waals surface area contributed by atoms with Crippen molar-refractivity contribution in [2.75, 3.05) is 38.1 Å². The van der Waals surface area contributed by atoms with Gasteiger partial charge in [-0.3, -0.25) is 14.7 Å². The average Bonchev–Trinajstić information content (AvgIpc) is 2.68. The van der Waals surface area contributed by atoms with Crippen LogP contribution in [0.2, 0.25) is 0 Å². The van der Waals surface area contributed by atoms with Gasteiger partial charge in [0.2, 0.25) is 5.91 Å². The van der Waals surface area contributed by atoms with Gasteiger partial charge in [-0.25, -0.2) is 0 Å². The number of hydrogen-bond donors (Lipinski definition) is 2. The van der Waals surface area contributed by atoms with Crippen molar-refractivity contribution in [1.82, 2.24) is 15.5 Å². The van der Waals surface area contributed by atoms with E-state index in [9.17, 15) is 4.79 Å². The molecule has 0 saturated carbocycles. The number of carbonyl (C=O) groups is 1. The first-order chi connectivity index (χ1) is 13.4. The molecule has 0 spiro atoms. The normalized spacial score (nSPS) is 14.6. The Bertz CT molecular complexity index is 648. The zero-order valence-electron chi connectivity index (χ0n) is 18.2. The van der Waals surface area contributed by atoms with E-state index in [0.717, 1.165) is 44.6 Å². The Morgan fingerprint density at radius 3 is 2.57 bits per heavy atom. The van der Waals surface area contributed by atoms with E-state index in [1.807, 2.05) is 23.1 Å². The third-order valence-electron chi connectivity index (χ3n) is 5.25. The fraction of sp³-hybridized carbons (Fsp3) is 0.636. The molecule has 1 aliphatic heterocycles. The summed E-state index contributed by atoms with van der Waals surface area (Å²) in [5.41, 5.74) is 2.30.